The summed E-state index contributed by atoms with van der Waals surface area (Å²) in [5.74, 6) is 0.362. The van der Waals surface area contributed by atoms with Crippen LogP contribution in [0.25, 0.3) is 16.5 Å². The van der Waals surface area contributed by atoms with Crippen molar-refractivity contribution >= 4 is 34.1 Å². The van der Waals surface area contributed by atoms with Crippen LogP contribution in [0.15, 0.2) is 71.9 Å². The Morgan fingerprint density at radius 3 is 2.47 bits per heavy atom. The molecule has 0 spiro atoms. The molecule has 0 radical (unpaired) electrons. The van der Waals surface area contributed by atoms with Crippen LogP contribution in [0.5, 0.6) is 0 Å². The summed E-state index contributed by atoms with van der Waals surface area (Å²) in [6.45, 7) is 6.17. The molecular formula is C23H23N5OS. The zero-order valence-electron chi connectivity index (χ0n) is 17.1. The summed E-state index contributed by atoms with van der Waals surface area (Å²) in [5.41, 5.74) is 2.92. The van der Waals surface area contributed by atoms with E-state index >= 15 is 0 Å². The number of amides is 1. The summed E-state index contributed by atoms with van der Waals surface area (Å²) in [6, 6.07) is 22.0. The van der Waals surface area contributed by atoms with Crippen molar-refractivity contribution in [1.29, 1.82) is 0 Å². The number of hydrogen-bond donors (Lipinski definition) is 1. The van der Waals surface area contributed by atoms with Gasteiger partial charge in [-0.2, -0.15) is 4.68 Å². The van der Waals surface area contributed by atoms with E-state index in [0.29, 0.717) is 11.1 Å². The maximum Gasteiger partial charge on any atom is 0.237 e. The molecule has 0 unspecified atom stereocenters. The molecule has 4 rings (SSSR count). The summed E-state index contributed by atoms with van der Waals surface area (Å²) < 4.78 is 1.66. The molecule has 3 aromatic carbocycles. The first-order valence-electron chi connectivity index (χ1n) is 9.87. The summed E-state index contributed by atoms with van der Waals surface area (Å²) in [6.07, 6.45) is 0. The van der Waals surface area contributed by atoms with Crippen molar-refractivity contribution in [3.05, 3.63) is 72.3 Å². The largest absolute Gasteiger partial charge is 0.325 e. The second-order valence-corrected chi connectivity index (χ2v) is 8.70. The zero-order valence-corrected chi connectivity index (χ0v) is 17.9. The van der Waals surface area contributed by atoms with Gasteiger partial charge < -0.3 is 5.32 Å². The number of benzene rings is 3. The highest BCUT2D eigenvalue weighted by molar-refractivity contribution is 8.00. The van der Waals surface area contributed by atoms with E-state index in [2.05, 4.69) is 46.8 Å². The lowest BCUT2D eigenvalue weighted by Gasteiger charge is -2.13. The number of rotatable bonds is 6. The summed E-state index contributed by atoms with van der Waals surface area (Å²) in [4.78, 5) is 12.8. The van der Waals surface area contributed by atoms with E-state index in [-0.39, 0.29) is 11.2 Å². The molecule has 6 nitrogen and oxygen atoms in total. The fourth-order valence-corrected chi connectivity index (χ4v) is 4.00. The van der Waals surface area contributed by atoms with E-state index in [1.54, 1.807) is 4.68 Å². The highest BCUT2D eigenvalue weighted by Crippen LogP contribution is 2.27. The van der Waals surface area contributed by atoms with Gasteiger partial charge in [0.2, 0.25) is 11.1 Å². The van der Waals surface area contributed by atoms with E-state index in [4.69, 9.17) is 0 Å². The number of aromatic nitrogens is 4. The van der Waals surface area contributed by atoms with Crippen LogP contribution in [0.2, 0.25) is 0 Å². The van der Waals surface area contributed by atoms with E-state index < -0.39 is 0 Å². The van der Waals surface area contributed by atoms with E-state index in [0.717, 1.165) is 22.1 Å². The second-order valence-electron chi connectivity index (χ2n) is 7.40. The number of nitrogens with one attached hydrogen (secondary N) is 1. The van der Waals surface area contributed by atoms with Gasteiger partial charge in [-0.15, -0.1) is 5.10 Å². The van der Waals surface area contributed by atoms with Crippen LogP contribution in [-0.2, 0) is 4.79 Å². The van der Waals surface area contributed by atoms with Crippen molar-refractivity contribution in [2.75, 3.05) is 5.32 Å². The third kappa shape index (κ3) is 4.21. The van der Waals surface area contributed by atoms with E-state index in [1.165, 1.54) is 17.3 Å². The number of nitrogens with zero attached hydrogens (tertiary/aromatic N) is 4. The Bertz CT molecular complexity index is 1160. The minimum atomic E-state index is -0.372. The summed E-state index contributed by atoms with van der Waals surface area (Å²) >= 11 is 1.33. The van der Waals surface area contributed by atoms with Crippen LogP contribution in [0.1, 0.15) is 32.3 Å². The van der Waals surface area contributed by atoms with Crippen LogP contribution < -0.4 is 5.32 Å². The molecule has 0 saturated carbocycles. The molecule has 152 valence electrons. The first kappa shape index (κ1) is 20.1. The first-order valence-corrected chi connectivity index (χ1v) is 10.7. The monoisotopic (exact) mass is 417 g/mol. The first-order chi connectivity index (χ1) is 14.5. The average molecular weight is 418 g/mol. The molecule has 1 N–H and O–H groups in total. The maximum absolute atomic E-state index is 12.8. The quantitative estimate of drug-likeness (QED) is 0.444. The van der Waals surface area contributed by atoms with Gasteiger partial charge in [-0.25, -0.2) is 0 Å². The normalized spacial score (nSPS) is 12.3. The molecule has 0 bridgehead atoms. The third-order valence-corrected chi connectivity index (χ3v) is 5.98. The predicted octanol–water partition coefficient (Wildman–Crippen LogP) is 5.06. The fourth-order valence-electron chi connectivity index (χ4n) is 3.20. The van der Waals surface area contributed by atoms with Crippen molar-refractivity contribution < 1.29 is 4.79 Å². The Labute approximate surface area is 179 Å². The van der Waals surface area contributed by atoms with Crippen molar-refractivity contribution in [1.82, 2.24) is 20.2 Å². The molecule has 0 fully saturated rings. The number of fused-ring (bicyclic) bond motifs is 1. The van der Waals surface area contributed by atoms with Crippen LogP contribution in [0.4, 0.5) is 5.69 Å². The fraction of sp³-hybridized carbons (Fsp3) is 0.217. The standard InChI is InChI=1S/C23H23N5OS/c1-15(2)17-11-13-19(14-12-17)28-23(25-26-27-28)30-16(3)22(29)24-21-10-6-8-18-7-4-5-9-20(18)21/h4-16H,1-3H3,(H,24,29)/t16-/m0/s1. The zero-order chi connectivity index (χ0) is 21.1. The van der Waals surface area contributed by atoms with Crippen molar-refractivity contribution in [2.45, 2.75) is 37.1 Å². The SMILES string of the molecule is CC(C)c1ccc(-n2nnnc2S[C@@H](C)C(=O)Nc2cccc3ccccc23)cc1. The lowest BCUT2D eigenvalue weighted by molar-refractivity contribution is -0.115. The highest BCUT2D eigenvalue weighted by Gasteiger charge is 2.20. The lowest BCUT2D eigenvalue weighted by atomic mass is 10.0. The van der Waals surface area contributed by atoms with Crippen LogP contribution in [0, 0.1) is 0 Å². The smallest absolute Gasteiger partial charge is 0.237 e. The molecule has 1 amide bonds. The van der Waals surface area contributed by atoms with Gasteiger partial charge in [-0.3, -0.25) is 4.79 Å². The third-order valence-electron chi connectivity index (χ3n) is 4.94. The topological polar surface area (TPSA) is 72.7 Å². The number of tetrazole rings is 1. The van der Waals surface area contributed by atoms with Crippen LogP contribution >= 0.6 is 11.8 Å². The molecule has 1 atom stereocenters. The Hall–Kier alpha value is -3.19. The molecule has 0 aliphatic heterocycles. The van der Waals surface area contributed by atoms with Crippen molar-refractivity contribution in [3.8, 4) is 5.69 Å². The van der Waals surface area contributed by atoms with Gasteiger partial charge in [0, 0.05) is 11.1 Å². The summed E-state index contributed by atoms with van der Waals surface area (Å²) in [5, 5.41) is 17.4. The van der Waals surface area contributed by atoms with Gasteiger partial charge in [0.1, 0.15) is 0 Å². The molecule has 7 heteroatoms. The maximum atomic E-state index is 12.8. The van der Waals surface area contributed by atoms with E-state index in [9.17, 15) is 4.79 Å². The minimum Gasteiger partial charge on any atom is -0.325 e. The number of carbonyl (C=O) groups excluding carboxylic acids is 1. The van der Waals surface area contributed by atoms with Crippen molar-refractivity contribution in [2.24, 2.45) is 0 Å². The number of anilines is 1. The Balaban J connectivity index is 1.50. The van der Waals surface area contributed by atoms with Gasteiger partial charge in [-0.05, 0) is 52.4 Å². The number of hydrogen-bond acceptors (Lipinski definition) is 5. The summed E-state index contributed by atoms with van der Waals surface area (Å²) in [7, 11) is 0. The minimum absolute atomic E-state index is 0.0962. The molecule has 1 aromatic heterocycles. The Morgan fingerprint density at radius 1 is 0.967 bits per heavy atom. The molecule has 0 saturated heterocycles. The molecule has 4 aromatic rings. The molecular weight excluding hydrogens is 394 g/mol. The molecule has 1 heterocycles. The second kappa shape index (κ2) is 8.67. The molecule has 0 aliphatic carbocycles. The predicted molar refractivity (Wildman–Crippen MR) is 121 cm³/mol. The van der Waals surface area contributed by atoms with Gasteiger partial charge in [0.15, 0.2) is 0 Å². The van der Waals surface area contributed by atoms with Gasteiger partial charge in [-0.1, -0.05) is 74.1 Å². The lowest BCUT2D eigenvalue weighted by Crippen LogP contribution is -2.23. The molecule has 30 heavy (non-hydrogen) atoms. The number of carbonyl (C=O) groups is 1. The number of thioether (sulfide) groups is 1. The average Bonchev–Trinajstić information content (AvgIpc) is 3.22. The van der Waals surface area contributed by atoms with Gasteiger partial charge in [0.25, 0.3) is 0 Å². The van der Waals surface area contributed by atoms with Crippen LogP contribution in [0.3, 0.4) is 0 Å². The van der Waals surface area contributed by atoms with Crippen LogP contribution in [-0.4, -0.2) is 31.4 Å². The van der Waals surface area contributed by atoms with Gasteiger partial charge >= 0.3 is 0 Å². The van der Waals surface area contributed by atoms with E-state index in [1.807, 2.05) is 61.5 Å². The Kier molecular flexibility index (Phi) is 5.81. The Morgan fingerprint density at radius 2 is 1.70 bits per heavy atom. The van der Waals surface area contributed by atoms with Crippen molar-refractivity contribution in [3.63, 3.8) is 0 Å². The highest BCUT2D eigenvalue weighted by atomic mass is 32.2. The molecule has 0 aliphatic rings. The van der Waals surface area contributed by atoms with Gasteiger partial charge in [0.05, 0.1) is 10.9 Å².